The molecule has 0 spiro atoms. The van der Waals surface area contributed by atoms with Gasteiger partial charge in [-0.2, -0.15) is 0 Å². The van der Waals surface area contributed by atoms with Crippen LogP contribution < -0.4 is 5.73 Å². The second-order valence-corrected chi connectivity index (χ2v) is 5.83. The number of hydrogen-bond acceptors (Lipinski definition) is 1. The van der Waals surface area contributed by atoms with Gasteiger partial charge in [-0.25, -0.2) is 0 Å². The van der Waals surface area contributed by atoms with Crippen LogP contribution in [0.5, 0.6) is 0 Å². The SMILES string of the molecule is Cn1c(C(C)(C)N)c(Br)c2cc(Cl)ccc21. The van der Waals surface area contributed by atoms with Gasteiger partial charge in [-0.15, -0.1) is 0 Å². The minimum Gasteiger partial charge on any atom is -0.345 e. The van der Waals surface area contributed by atoms with Crippen molar-refractivity contribution in [3.05, 3.63) is 33.4 Å². The van der Waals surface area contributed by atoms with Crippen LogP contribution in [0.3, 0.4) is 0 Å². The molecule has 2 N–H and O–H groups in total. The zero-order valence-corrected chi connectivity index (χ0v) is 11.9. The number of hydrogen-bond donors (Lipinski definition) is 1. The predicted octanol–water partition coefficient (Wildman–Crippen LogP) is 3.79. The Kier molecular flexibility index (Phi) is 2.81. The van der Waals surface area contributed by atoms with E-state index >= 15 is 0 Å². The zero-order chi connectivity index (χ0) is 12.1. The van der Waals surface area contributed by atoms with E-state index in [2.05, 4.69) is 20.5 Å². The fraction of sp³-hybridized carbons (Fsp3) is 0.333. The smallest absolute Gasteiger partial charge is 0.0523 e. The molecule has 0 unspecified atom stereocenters. The number of halogens is 2. The Morgan fingerprint density at radius 1 is 1.38 bits per heavy atom. The van der Waals surface area contributed by atoms with E-state index in [9.17, 15) is 0 Å². The molecule has 0 aliphatic heterocycles. The minimum atomic E-state index is -0.390. The highest BCUT2D eigenvalue weighted by atomic mass is 79.9. The van der Waals surface area contributed by atoms with E-state index in [1.807, 2.05) is 39.1 Å². The van der Waals surface area contributed by atoms with Crippen molar-refractivity contribution in [3.8, 4) is 0 Å². The summed E-state index contributed by atoms with van der Waals surface area (Å²) in [5, 5.41) is 1.84. The van der Waals surface area contributed by atoms with E-state index in [-0.39, 0.29) is 5.54 Å². The highest BCUT2D eigenvalue weighted by molar-refractivity contribution is 9.10. The molecule has 4 heteroatoms. The fourth-order valence-electron chi connectivity index (χ4n) is 2.09. The second-order valence-electron chi connectivity index (χ2n) is 4.60. The van der Waals surface area contributed by atoms with Gasteiger partial charge in [-0.05, 0) is 48.0 Å². The summed E-state index contributed by atoms with van der Waals surface area (Å²) in [4.78, 5) is 0. The molecule has 0 aliphatic rings. The van der Waals surface area contributed by atoms with Gasteiger partial charge in [-0.3, -0.25) is 0 Å². The highest BCUT2D eigenvalue weighted by Gasteiger charge is 2.24. The summed E-state index contributed by atoms with van der Waals surface area (Å²) < 4.78 is 3.13. The molecular formula is C12H14BrClN2. The molecule has 0 aliphatic carbocycles. The van der Waals surface area contributed by atoms with Gasteiger partial charge in [0.15, 0.2) is 0 Å². The Morgan fingerprint density at radius 3 is 2.56 bits per heavy atom. The first-order valence-electron chi connectivity index (χ1n) is 5.05. The quantitative estimate of drug-likeness (QED) is 0.853. The number of fused-ring (bicyclic) bond motifs is 1. The molecule has 0 radical (unpaired) electrons. The summed E-state index contributed by atoms with van der Waals surface area (Å²) in [6, 6.07) is 5.86. The molecule has 86 valence electrons. The van der Waals surface area contributed by atoms with Crippen LogP contribution in [-0.4, -0.2) is 4.57 Å². The maximum absolute atomic E-state index is 6.18. The van der Waals surface area contributed by atoms with Crippen LogP contribution in [0.15, 0.2) is 22.7 Å². The molecular weight excluding hydrogens is 288 g/mol. The van der Waals surface area contributed by atoms with Crippen LogP contribution in [-0.2, 0) is 12.6 Å². The van der Waals surface area contributed by atoms with Gasteiger partial charge in [0.25, 0.3) is 0 Å². The van der Waals surface area contributed by atoms with Gasteiger partial charge >= 0.3 is 0 Å². The van der Waals surface area contributed by atoms with Crippen molar-refractivity contribution in [1.82, 2.24) is 4.57 Å². The van der Waals surface area contributed by atoms with Crippen LogP contribution in [0, 0.1) is 0 Å². The second kappa shape index (κ2) is 3.76. The third-order valence-electron chi connectivity index (χ3n) is 2.71. The Bertz CT molecular complexity index is 552. The maximum Gasteiger partial charge on any atom is 0.0523 e. The van der Waals surface area contributed by atoms with E-state index in [4.69, 9.17) is 17.3 Å². The van der Waals surface area contributed by atoms with Gasteiger partial charge in [0.1, 0.15) is 0 Å². The van der Waals surface area contributed by atoms with Crippen LogP contribution >= 0.6 is 27.5 Å². The lowest BCUT2D eigenvalue weighted by Gasteiger charge is -2.20. The number of aromatic nitrogens is 1. The highest BCUT2D eigenvalue weighted by Crippen LogP contribution is 2.36. The van der Waals surface area contributed by atoms with Crippen LogP contribution in [0.2, 0.25) is 5.02 Å². The first kappa shape index (κ1) is 12.0. The van der Waals surface area contributed by atoms with Crippen molar-refractivity contribution >= 4 is 38.4 Å². The van der Waals surface area contributed by atoms with Gasteiger partial charge in [-0.1, -0.05) is 11.6 Å². The molecule has 0 fully saturated rings. The van der Waals surface area contributed by atoms with Crippen molar-refractivity contribution in [2.45, 2.75) is 19.4 Å². The summed E-state index contributed by atoms with van der Waals surface area (Å²) >= 11 is 9.62. The third-order valence-corrected chi connectivity index (χ3v) is 3.75. The van der Waals surface area contributed by atoms with Crippen LogP contribution in [0.4, 0.5) is 0 Å². The molecule has 0 bridgehead atoms. The van der Waals surface area contributed by atoms with E-state index < -0.39 is 0 Å². The lowest BCUT2D eigenvalue weighted by Crippen LogP contribution is -2.31. The average molecular weight is 302 g/mol. The standard InChI is InChI=1S/C12H14BrClN2/c1-12(2,15)11-10(13)8-6-7(14)4-5-9(8)16(11)3/h4-6H,15H2,1-3H3. The molecule has 1 aromatic carbocycles. The Labute approximate surface area is 109 Å². The molecule has 0 atom stereocenters. The topological polar surface area (TPSA) is 30.9 Å². The van der Waals surface area contributed by atoms with E-state index in [0.29, 0.717) is 0 Å². The summed E-state index contributed by atoms with van der Waals surface area (Å²) in [7, 11) is 2.02. The molecule has 16 heavy (non-hydrogen) atoms. The molecule has 2 nitrogen and oxygen atoms in total. The van der Waals surface area contributed by atoms with Crippen molar-refractivity contribution in [2.75, 3.05) is 0 Å². The summed E-state index contributed by atoms with van der Waals surface area (Å²) in [5.74, 6) is 0. The third kappa shape index (κ3) is 1.77. The number of benzene rings is 1. The minimum absolute atomic E-state index is 0.390. The van der Waals surface area contributed by atoms with Crippen LogP contribution in [0.1, 0.15) is 19.5 Å². The van der Waals surface area contributed by atoms with Crippen molar-refractivity contribution in [1.29, 1.82) is 0 Å². The number of aryl methyl sites for hydroxylation is 1. The number of rotatable bonds is 1. The molecule has 0 saturated heterocycles. The predicted molar refractivity (Wildman–Crippen MR) is 72.8 cm³/mol. The lowest BCUT2D eigenvalue weighted by atomic mass is 10.0. The van der Waals surface area contributed by atoms with Crippen molar-refractivity contribution < 1.29 is 0 Å². The monoisotopic (exact) mass is 300 g/mol. The zero-order valence-electron chi connectivity index (χ0n) is 9.51. The fourth-order valence-corrected chi connectivity index (χ4v) is 3.35. The van der Waals surface area contributed by atoms with E-state index in [1.54, 1.807) is 0 Å². The Balaban J connectivity index is 2.87. The lowest BCUT2D eigenvalue weighted by molar-refractivity contribution is 0.513. The summed E-state index contributed by atoms with van der Waals surface area (Å²) in [6.07, 6.45) is 0. The molecule has 1 aromatic heterocycles. The van der Waals surface area contributed by atoms with Gasteiger partial charge in [0.05, 0.1) is 11.2 Å². The summed E-state index contributed by atoms with van der Waals surface area (Å²) in [5.41, 5.74) is 7.99. The first-order valence-corrected chi connectivity index (χ1v) is 6.22. The van der Waals surface area contributed by atoms with Crippen molar-refractivity contribution in [2.24, 2.45) is 12.8 Å². The van der Waals surface area contributed by atoms with Crippen molar-refractivity contribution in [3.63, 3.8) is 0 Å². The molecule has 2 rings (SSSR count). The normalized spacial score (nSPS) is 12.4. The van der Waals surface area contributed by atoms with Gasteiger partial charge in [0, 0.05) is 27.4 Å². The number of nitrogens with zero attached hydrogens (tertiary/aromatic N) is 1. The molecule has 0 saturated carbocycles. The molecule has 2 aromatic rings. The van der Waals surface area contributed by atoms with Gasteiger partial charge in [0.2, 0.25) is 0 Å². The van der Waals surface area contributed by atoms with E-state index in [1.165, 1.54) is 0 Å². The largest absolute Gasteiger partial charge is 0.345 e. The maximum atomic E-state index is 6.18. The Hall–Kier alpha value is -0.510. The van der Waals surface area contributed by atoms with Gasteiger partial charge < -0.3 is 10.3 Å². The number of nitrogens with two attached hydrogens (primary N) is 1. The average Bonchev–Trinajstić information content (AvgIpc) is 2.38. The molecule has 0 amide bonds. The molecule has 1 heterocycles. The summed E-state index contributed by atoms with van der Waals surface area (Å²) in [6.45, 7) is 3.99. The Morgan fingerprint density at radius 2 is 2.00 bits per heavy atom. The first-order chi connectivity index (χ1) is 7.32. The van der Waals surface area contributed by atoms with E-state index in [0.717, 1.165) is 26.1 Å². The van der Waals surface area contributed by atoms with Crippen LogP contribution in [0.25, 0.3) is 10.9 Å².